The molecule has 4 N–H and O–H groups in total. The molecule has 2 aliphatic carbocycles. The van der Waals surface area contributed by atoms with Gasteiger partial charge in [-0.3, -0.25) is 16.1 Å². The van der Waals surface area contributed by atoms with Crippen molar-refractivity contribution in [3.05, 3.63) is 165 Å². The number of carboxylic acid groups (broad SMARTS) is 1. The number of carboxylic acids is 1. The molecule has 13 nitrogen and oxygen atoms in total. The highest BCUT2D eigenvalue weighted by Gasteiger charge is 2.33. The molecule has 4 heterocycles. The van der Waals surface area contributed by atoms with E-state index in [4.69, 9.17) is 15.3 Å². The van der Waals surface area contributed by atoms with Crippen LogP contribution in [-0.4, -0.2) is 99.2 Å². The lowest BCUT2D eigenvalue weighted by molar-refractivity contribution is 0.0124. The van der Waals surface area contributed by atoms with E-state index < -0.39 is 29.2 Å². The topological polar surface area (TPSA) is 153 Å². The maximum absolute atomic E-state index is 14.9. The highest BCUT2D eigenvalue weighted by Crippen LogP contribution is 2.39. The second-order valence-corrected chi connectivity index (χ2v) is 18.0. The highest BCUT2D eigenvalue weighted by atomic mass is 19.2. The Hall–Kier alpha value is -6.38. The number of nitrogens with zero attached hydrogens (tertiary/aromatic N) is 6. The van der Waals surface area contributed by atoms with Gasteiger partial charge in [0, 0.05) is 61.3 Å². The highest BCUT2D eigenvalue weighted by molar-refractivity contribution is 5.94. The number of rotatable bonds is 9. The SMILES string of the molecule is NN1CCOCC1.O=C(NN1CCOCC1)c1nn(-c2ccc(F)cc2F)c2c1CCCCC2Cc1cccc(F)c1.O=C(O)c1nn(-c2ccc(F)cc2F)c2c1CCCCC2Cc1cccc(F)c1. The number of fused-ring (bicyclic) bond motifs is 2. The number of benzene rings is 4. The molecule has 376 valence electrons. The fourth-order valence-corrected chi connectivity index (χ4v) is 9.69. The van der Waals surface area contributed by atoms with Gasteiger partial charge in [-0.2, -0.15) is 10.2 Å². The number of hydrogen-bond donors (Lipinski definition) is 3. The first-order chi connectivity index (χ1) is 34.3. The van der Waals surface area contributed by atoms with Gasteiger partial charge in [0.25, 0.3) is 5.91 Å². The summed E-state index contributed by atoms with van der Waals surface area (Å²) in [5, 5.41) is 22.0. The van der Waals surface area contributed by atoms with Crippen molar-refractivity contribution >= 4 is 11.9 Å². The molecule has 71 heavy (non-hydrogen) atoms. The molecular formula is C52H56F6N8O5. The Labute approximate surface area is 407 Å². The lowest BCUT2D eigenvalue weighted by Gasteiger charge is -2.26. The van der Waals surface area contributed by atoms with Gasteiger partial charge in [0.2, 0.25) is 0 Å². The third-order valence-corrected chi connectivity index (χ3v) is 13.0. The number of nitrogens with two attached hydrogens (primary N) is 1. The molecule has 4 aromatic carbocycles. The summed E-state index contributed by atoms with van der Waals surface area (Å²) in [6.45, 7) is 5.48. The van der Waals surface area contributed by atoms with Gasteiger partial charge >= 0.3 is 5.97 Å². The van der Waals surface area contributed by atoms with E-state index >= 15 is 0 Å². The predicted molar refractivity (Wildman–Crippen MR) is 251 cm³/mol. The zero-order chi connectivity index (χ0) is 50.0. The Morgan fingerprint density at radius 3 is 1.49 bits per heavy atom. The zero-order valence-corrected chi connectivity index (χ0v) is 39.1. The van der Waals surface area contributed by atoms with Crippen LogP contribution in [-0.2, 0) is 35.2 Å². The molecule has 2 atom stereocenters. The minimum atomic E-state index is -1.19. The summed E-state index contributed by atoms with van der Waals surface area (Å²) in [6.07, 6.45) is 7.03. The summed E-state index contributed by atoms with van der Waals surface area (Å²) >= 11 is 0. The molecular weight excluding hydrogens is 931 g/mol. The predicted octanol–water partition coefficient (Wildman–Crippen LogP) is 8.55. The standard InChI is InChI=1S/C26H27F3N4O2.C22H19F3N2O2.C4H10N2O/c27-19-6-3-4-17(15-19)14-18-5-1-2-7-21-24(26(34)31-32-10-12-35-13-11-32)30-33(25(18)21)23-9-8-20(28)16-22(23)29;23-15-6-3-4-13(11-15)10-14-5-1-2-7-17-20(22(28)29)26-27(21(14)17)19-9-8-16(24)12-18(19)25;5-6-1-3-7-4-2-6/h3-4,6,8-9,15-16,18H,1-2,5,7,10-14H2,(H,31,34);3-4,6,8-9,11-12,14H,1-2,5,7,10H2,(H,28,29);1-5H2. The molecule has 6 aromatic rings. The fourth-order valence-electron chi connectivity index (χ4n) is 9.69. The quantitative estimate of drug-likeness (QED) is 0.0730. The monoisotopic (exact) mass is 986 g/mol. The van der Waals surface area contributed by atoms with E-state index in [0.29, 0.717) is 63.2 Å². The van der Waals surface area contributed by atoms with Crippen LogP contribution in [0.15, 0.2) is 84.9 Å². The first kappa shape index (κ1) is 51.0. The van der Waals surface area contributed by atoms with Crippen molar-refractivity contribution in [1.29, 1.82) is 0 Å². The lowest BCUT2D eigenvalue weighted by Crippen LogP contribution is -2.48. The summed E-state index contributed by atoms with van der Waals surface area (Å²) < 4.78 is 97.2. The van der Waals surface area contributed by atoms with Crippen molar-refractivity contribution in [2.24, 2.45) is 5.84 Å². The van der Waals surface area contributed by atoms with Crippen LogP contribution < -0.4 is 11.3 Å². The Bertz CT molecular complexity index is 2810. The molecule has 0 radical (unpaired) electrons. The average Bonchev–Trinajstić information content (AvgIpc) is 3.75. The molecule has 2 aromatic heterocycles. The van der Waals surface area contributed by atoms with Gasteiger partial charge in [-0.25, -0.2) is 50.5 Å². The van der Waals surface area contributed by atoms with E-state index in [1.165, 1.54) is 51.8 Å². The van der Waals surface area contributed by atoms with Crippen molar-refractivity contribution in [1.82, 2.24) is 35.0 Å². The van der Waals surface area contributed by atoms with E-state index in [1.807, 2.05) is 12.1 Å². The maximum atomic E-state index is 14.9. The molecule has 2 aliphatic heterocycles. The number of hydrogen-bond acceptors (Lipinski definition) is 9. The Morgan fingerprint density at radius 1 is 0.606 bits per heavy atom. The number of amides is 1. The van der Waals surface area contributed by atoms with Crippen LogP contribution in [0.25, 0.3) is 11.4 Å². The third-order valence-electron chi connectivity index (χ3n) is 13.0. The van der Waals surface area contributed by atoms with E-state index in [2.05, 4.69) is 15.6 Å². The van der Waals surface area contributed by atoms with E-state index in [9.17, 15) is 41.0 Å². The Balaban J connectivity index is 0.000000169. The first-order valence-electron chi connectivity index (χ1n) is 23.9. The summed E-state index contributed by atoms with van der Waals surface area (Å²) in [5.74, 6) is -0.101. The second kappa shape index (κ2) is 23.7. The lowest BCUT2D eigenvalue weighted by atomic mass is 9.91. The molecule has 2 unspecified atom stereocenters. The van der Waals surface area contributed by atoms with Crippen LogP contribution in [0.4, 0.5) is 26.3 Å². The number of morpholine rings is 2. The average molecular weight is 987 g/mol. The number of ether oxygens (including phenoxy) is 2. The minimum Gasteiger partial charge on any atom is -0.476 e. The molecule has 1 amide bonds. The van der Waals surface area contributed by atoms with E-state index in [-0.39, 0.29) is 52.1 Å². The number of carbonyl (C=O) groups is 2. The van der Waals surface area contributed by atoms with Crippen LogP contribution in [0.2, 0.25) is 0 Å². The van der Waals surface area contributed by atoms with Gasteiger partial charge in [0.05, 0.1) is 37.8 Å². The summed E-state index contributed by atoms with van der Waals surface area (Å²) in [7, 11) is 0. The molecule has 0 bridgehead atoms. The molecule has 2 fully saturated rings. The van der Waals surface area contributed by atoms with Crippen LogP contribution in [0.3, 0.4) is 0 Å². The van der Waals surface area contributed by atoms with Crippen molar-refractivity contribution in [2.75, 3.05) is 52.6 Å². The van der Waals surface area contributed by atoms with E-state index in [1.54, 1.807) is 22.2 Å². The second-order valence-electron chi connectivity index (χ2n) is 18.0. The molecule has 0 spiro atoms. The largest absolute Gasteiger partial charge is 0.476 e. The molecule has 4 aliphatic rings. The number of halogens is 6. The summed E-state index contributed by atoms with van der Waals surface area (Å²) in [5.41, 5.74) is 7.36. The molecule has 0 saturated carbocycles. The van der Waals surface area contributed by atoms with Crippen LogP contribution in [0.5, 0.6) is 0 Å². The molecule has 10 rings (SSSR count). The molecule has 2 saturated heterocycles. The maximum Gasteiger partial charge on any atom is 0.356 e. The smallest absolute Gasteiger partial charge is 0.356 e. The van der Waals surface area contributed by atoms with Crippen molar-refractivity contribution < 1.29 is 50.5 Å². The zero-order valence-electron chi connectivity index (χ0n) is 39.1. The minimum absolute atomic E-state index is 0.00120. The number of carbonyl (C=O) groups excluding carboxylic acids is 1. The normalized spacial score (nSPS) is 18.4. The number of hydrazine groups is 2. The van der Waals surface area contributed by atoms with Gasteiger partial charge < -0.3 is 14.6 Å². The molecule has 19 heteroatoms. The Morgan fingerprint density at radius 2 is 1.06 bits per heavy atom. The number of aromatic nitrogens is 4. The van der Waals surface area contributed by atoms with Crippen molar-refractivity contribution in [2.45, 2.75) is 76.0 Å². The Kier molecular flexibility index (Phi) is 17.0. The number of aromatic carboxylic acids is 1. The van der Waals surface area contributed by atoms with Crippen molar-refractivity contribution in [3.8, 4) is 11.4 Å². The van der Waals surface area contributed by atoms with Gasteiger partial charge in [0.1, 0.15) is 34.6 Å². The van der Waals surface area contributed by atoms with Gasteiger partial charge in [0.15, 0.2) is 23.0 Å². The first-order valence-corrected chi connectivity index (χ1v) is 23.9. The van der Waals surface area contributed by atoms with E-state index in [0.717, 1.165) is 105 Å². The van der Waals surface area contributed by atoms with Crippen LogP contribution >= 0.6 is 0 Å². The summed E-state index contributed by atoms with van der Waals surface area (Å²) in [4.78, 5) is 25.1. The van der Waals surface area contributed by atoms with Gasteiger partial charge in [-0.05, 0) is 111 Å². The van der Waals surface area contributed by atoms with Crippen molar-refractivity contribution in [3.63, 3.8) is 0 Å². The van der Waals surface area contributed by atoms with Crippen LogP contribution in [0.1, 0.15) is 105 Å². The number of nitrogens with one attached hydrogen (secondary N) is 1. The van der Waals surface area contributed by atoms with Gasteiger partial charge in [-0.1, -0.05) is 37.1 Å². The fraction of sp³-hybridized carbons (Fsp3) is 0.385. The van der Waals surface area contributed by atoms with Crippen LogP contribution in [0, 0.1) is 34.9 Å². The third kappa shape index (κ3) is 12.8. The summed E-state index contributed by atoms with van der Waals surface area (Å²) in [6, 6.07) is 19.1. The van der Waals surface area contributed by atoms with Gasteiger partial charge in [-0.15, -0.1) is 0 Å².